The molecular weight excluding hydrogens is 332 g/mol. The molecule has 5 heteroatoms. The van der Waals surface area contributed by atoms with Gasteiger partial charge in [-0.15, -0.1) is 0 Å². The third kappa shape index (κ3) is 3.07. The van der Waals surface area contributed by atoms with E-state index in [2.05, 4.69) is 4.90 Å². The molecule has 1 N–H and O–H groups in total. The topological polar surface area (TPSA) is 52.9 Å². The molecule has 0 unspecified atom stereocenters. The van der Waals surface area contributed by atoms with E-state index in [4.69, 9.17) is 10.1 Å². The second kappa shape index (κ2) is 6.67. The monoisotopic (exact) mass is 358 g/mol. The van der Waals surface area contributed by atoms with E-state index in [-0.39, 0.29) is 0 Å². The third-order valence-corrected chi connectivity index (χ3v) is 7.30. The summed E-state index contributed by atoms with van der Waals surface area (Å²) < 4.78 is 0. The van der Waals surface area contributed by atoms with E-state index in [9.17, 15) is 4.79 Å². The number of aliphatic imine (C=N–C) groups is 1. The number of hydrogen-bond acceptors (Lipinski definition) is 3. The molecule has 1 aromatic carbocycles. The van der Waals surface area contributed by atoms with Gasteiger partial charge in [0.1, 0.15) is 0 Å². The van der Waals surface area contributed by atoms with Crippen LogP contribution in [0.4, 0.5) is 5.69 Å². The number of thioether (sulfide) groups is 1. The van der Waals surface area contributed by atoms with Gasteiger partial charge >= 0.3 is 5.97 Å². The molecule has 0 atom stereocenters. The number of carboxylic acids is 1. The van der Waals surface area contributed by atoms with Crippen molar-refractivity contribution >= 4 is 28.6 Å². The molecule has 4 rings (SSSR count). The van der Waals surface area contributed by atoms with Gasteiger partial charge in [0.2, 0.25) is 0 Å². The molecule has 4 nitrogen and oxygen atoms in total. The van der Waals surface area contributed by atoms with Crippen molar-refractivity contribution in [1.82, 2.24) is 4.90 Å². The van der Waals surface area contributed by atoms with E-state index in [1.54, 1.807) is 12.1 Å². The molecule has 134 valence electrons. The highest BCUT2D eigenvalue weighted by Gasteiger charge is 2.49. The van der Waals surface area contributed by atoms with E-state index in [0.717, 1.165) is 17.0 Å². The Hall–Kier alpha value is -1.49. The maximum Gasteiger partial charge on any atom is 0.335 e. The summed E-state index contributed by atoms with van der Waals surface area (Å²) in [6, 6.07) is 5.90. The summed E-state index contributed by atoms with van der Waals surface area (Å²) in [5.41, 5.74) is 2.51. The van der Waals surface area contributed by atoms with Crippen LogP contribution in [0.3, 0.4) is 0 Å². The van der Waals surface area contributed by atoms with Gasteiger partial charge in [-0.05, 0) is 56.4 Å². The molecule has 1 heterocycles. The molecule has 1 aromatic rings. The molecule has 2 saturated carbocycles. The summed E-state index contributed by atoms with van der Waals surface area (Å²) in [7, 11) is 0. The molecule has 0 bridgehead atoms. The van der Waals surface area contributed by atoms with E-state index < -0.39 is 5.97 Å². The van der Waals surface area contributed by atoms with Crippen LogP contribution in [0.2, 0.25) is 0 Å². The van der Waals surface area contributed by atoms with Gasteiger partial charge in [-0.3, -0.25) is 0 Å². The van der Waals surface area contributed by atoms with Crippen LogP contribution in [0.5, 0.6) is 0 Å². The number of rotatable bonds is 3. The lowest BCUT2D eigenvalue weighted by molar-refractivity contribution is 0.0697. The van der Waals surface area contributed by atoms with Crippen LogP contribution in [0.15, 0.2) is 23.2 Å². The van der Waals surface area contributed by atoms with Gasteiger partial charge in [-0.25, -0.2) is 9.79 Å². The predicted octanol–water partition coefficient (Wildman–Crippen LogP) is 4.98. The maximum absolute atomic E-state index is 11.2. The normalized spacial score (nSPS) is 24.7. The third-order valence-electron chi connectivity index (χ3n) is 6.07. The molecule has 1 spiro atoms. The summed E-state index contributed by atoms with van der Waals surface area (Å²) in [6.45, 7) is 1.96. The van der Waals surface area contributed by atoms with Crippen LogP contribution in [-0.2, 0) is 0 Å². The number of amidine groups is 1. The Bertz CT molecular complexity index is 704. The maximum atomic E-state index is 11.2. The number of benzene rings is 1. The van der Waals surface area contributed by atoms with Gasteiger partial charge in [0, 0.05) is 11.8 Å². The highest BCUT2D eigenvalue weighted by atomic mass is 32.2. The summed E-state index contributed by atoms with van der Waals surface area (Å²) in [6.07, 6.45) is 10.5. The van der Waals surface area contributed by atoms with Gasteiger partial charge in [0.15, 0.2) is 5.17 Å². The summed E-state index contributed by atoms with van der Waals surface area (Å²) >= 11 is 1.91. The van der Waals surface area contributed by atoms with Crippen molar-refractivity contribution in [2.45, 2.75) is 69.9 Å². The van der Waals surface area contributed by atoms with E-state index in [1.165, 1.54) is 56.5 Å². The molecule has 3 aliphatic rings. The Kier molecular flexibility index (Phi) is 4.52. The average molecular weight is 359 g/mol. The minimum absolute atomic E-state index is 0.327. The van der Waals surface area contributed by atoms with Gasteiger partial charge in [0.05, 0.1) is 16.8 Å². The lowest BCUT2D eigenvalue weighted by Crippen LogP contribution is -2.50. The molecule has 0 aromatic heterocycles. The van der Waals surface area contributed by atoms with Crippen LogP contribution >= 0.6 is 11.8 Å². The average Bonchev–Trinajstić information content (AvgIpc) is 3.32. The number of nitrogens with zero attached hydrogens (tertiary/aromatic N) is 2. The van der Waals surface area contributed by atoms with Crippen LogP contribution in [0.1, 0.15) is 67.3 Å². The van der Waals surface area contributed by atoms with E-state index in [1.807, 2.05) is 24.8 Å². The Morgan fingerprint density at radius 1 is 1.24 bits per heavy atom. The highest BCUT2D eigenvalue weighted by molar-refractivity contribution is 8.14. The standard InChI is InChI=1S/C20H26N2O2S/c1-14-12-15(18(23)24)8-9-17(14)21-19-22(16-6-2-3-7-16)20(13-25-19)10-4-5-11-20/h8-9,12,16H,2-7,10-11,13H2,1H3,(H,23,24)/b21-19+. The predicted molar refractivity (Wildman–Crippen MR) is 103 cm³/mol. The second-order valence-electron chi connectivity index (χ2n) is 7.73. The molecule has 1 saturated heterocycles. The molecule has 25 heavy (non-hydrogen) atoms. The fourth-order valence-corrected chi connectivity index (χ4v) is 6.24. The Balaban J connectivity index is 1.68. The fraction of sp³-hybridized carbons (Fsp3) is 0.600. The second-order valence-corrected chi connectivity index (χ2v) is 8.67. The first-order valence-corrected chi connectivity index (χ1v) is 10.4. The molecular formula is C20H26N2O2S. The first-order valence-electron chi connectivity index (χ1n) is 9.44. The first-order chi connectivity index (χ1) is 12.1. The fourth-order valence-electron chi connectivity index (χ4n) is 4.77. The van der Waals surface area contributed by atoms with Crippen molar-refractivity contribution in [3.63, 3.8) is 0 Å². The quantitative estimate of drug-likeness (QED) is 0.827. The number of hydrogen-bond donors (Lipinski definition) is 1. The smallest absolute Gasteiger partial charge is 0.335 e. The Labute approximate surface area is 153 Å². The minimum atomic E-state index is -0.880. The van der Waals surface area contributed by atoms with E-state index in [0.29, 0.717) is 17.1 Å². The zero-order valence-electron chi connectivity index (χ0n) is 14.8. The SMILES string of the molecule is Cc1cc(C(=O)O)ccc1/N=C1/SCC2(CCCC2)N1C1CCCC1. The minimum Gasteiger partial charge on any atom is -0.478 e. The van der Waals surface area contributed by atoms with Crippen molar-refractivity contribution in [2.75, 3.05) is 5.75 Å². The van der Waals surface area contributed by atoms with Crippen molar-refractivity contribution in [3.05, 3.63) is 29.3 Å². The lowest BCUT2D eigenvalue weighted by Gasteiger charge is -2.40. The lowest BCUT2D eigenvalue weighted by atomic mass is 9.95. The number of aromatic carboxylic acids is 1. The molecule has 2 aliphatic carbocycles. The number of aryl methyl sites for hydroxylation is 1. The van der Waals surface area contributed by atoms with Crippen LogP contribution < -0.4 is 0 Å². The Morgan fingerprint density at radius 3 is 2.60 bits per heavy atom. The number of carbonyl (C=O) groups is 1. The van der Waals surface area contributed by atoms with Gasteiger partial charge in [-0.1, -0.05) is 37.4 Å². The largest absolute Gasteiger partial charge is 0.478 e. The molecule has 0 radical (unpaired) electrons. The van der Waals surface area contributed by atoms with Crippen molar-refractivity contribution < 1.29 is 9.90 Å². The van der Waals surface area contributed by atoms with Crippen LogP contribution in [0, 0.1) is 6.92 Å². The summed E-state index contributed by atoms with van der Waals surface area (Å²) in [5.74, 6) is 0.282. The first kappa shape index (κ1) is 17.0. The number of carboxylic acid groups (broad SMARTS) is 1. The van der Waals surface area contributed by atoms with Gasteiger partial charge < -0.3 is 10.0 Å². The van der Waals surface area contributed by atoms with Crippen molar-refractivity contribution in [1.29, 1.82) is 0 Å². The van der Waals surface area contributed by atoms with Gasteiger partial charge in [0.25, 0.3) is 0 Å². The molecule has 3 fully saturated rings. The highest BCUT2D eigenvalue weighted by Crippen LogP contribution is 2.48. The van der Waals surface area contributed by atoms with E-state index >= 15 is 0 Å². The van der Waals surface area contributed by atoms with Crippen LogP contribution in [0.25, 0.3) is 0 Å². The van der Waals surface area contributed by atoms with Crippen molar-refractivity contribution in [2.24, 2.45) is 4.99 Å². The summed E-state index contributed by atoms with van der Waals surface area (Å²) in [5, 5.41) is 10.3. The molecule has 1 aliphatic heterocycles. The Morgan fingerprint density at radius 2 is 1.96 bits per heavy atom. The van der Waals surface area contributed by atoms with Gasteiger partial charge in [-0.2, -0.15) is 0 Å². The van der Waals surface area contributed by atoms with Crippen LogP contribution in [-0.4, -0.2) is 38.5 Å². The molecule has 0 amide bonds. The zero-order chi connectivity index (χ0) is 17.4. The van der Waals surface area contributed by atoms with Crippen molar-refractivity contribution in [3.8, 4) is 0 Å². The zero-order valence-corrected chi connectivity index (χ0v) is 15.6. The summed E-state index contributed by atoms with van der Waals surface area (Å²) in [4.78, 5) is 18.9.